The number of anilines is 3. The minimum atomic E-state index is -4.10. The number of non-ortho nitro benzene ring substituents is 1. The highest BCUT2D eigenvalue weighted by molar-refractivity contribution is 7.92. The Bertz CT molecular complexity index is 1890. The summed E-state index contributed by atoms with van der Waals surface area (Å²) < 4.78 is 28.4. The van der Waals surface area contributed by atoms with Crippen LogP contribution < -0.4 is 14.9 Å². The monoisotopic (exact) mass is 611 g/mol. The normalized spacial score (nSPS) is 13.5. The third-order valence-corrected chi connectivity index (χ3v) is 8.87. The van der Waals surface area contributed by atoms with Crippen LogP contribution in [0.1, 0.15) is 16.7 Å². The van der Waals surface area contributed by atoms with Crippen LogP contribution in [-0.2, 0) is 19.6 Å². The van der Waals surface area contributed by atoms with Crippen LogP contribution in [0.15, 0.2) is 102 Å². The van der Waals surface area contributed by atoms with E-state index in [2.05, 4.69) is 10.6 Å². The van der Waals surface area contributed by atoms with E-state index in [9.17, 15) is 28.1 Å². The SMILES string of the molecule is Cc1ccc(S(=O)(=O)N(CC(=O)N(C)C)c2ccc(NC(=C3C(=O)Nc4ccc([N+](=O)[O-])cc43)c3ccccc3)cc2)cc1. The van der Waals surface area contributed by atoms with Gasteiger partial charge in [-0.1, -0.05) is 48.0 Å². The summed E-state index contributed by atoms with van der Waals surface area (Å²) in [4.78, 5) is 38.2. The molecule has 0 radical (unpaired) electrons. The summed E-state index contributed by atoms with van der Waals surface area (Å²) in [6, 6.07) is 26.0. The lowest BCUT2D eigenvalue weighted by Crippen LogP contribution is -2.40. The maximum Gasteiger partial charge on any atom is 0.270 e. The highest BCUT2D eigenvalue weighted by atomic mass is 32.2. The lowest BCUT2D eigenvalue weighted by Gasteiger charge is -2.26. The first-order chi connectivity index (χ1) is 21.0. The van der Waals surface area contributed by atoms with Crippen molar-refractivity contribution in [2.24, 2.45) is 0 Å². The van der Waals surface area contributed by atoms with Crippen LogP contribution in [0.4, 0.5) is 22.7 Å². The number of benzene rings is 4. The van der Waals surface area contributed by atoms with Crippen LogP contribution in [-0.4, -0.2) is 50.7 Å². The van der Waals surface area contributed by atoms with Crippen LogP contribution in [0.5, 0.6) is 0 Å². The first-order valence-corrected chi connectivity index (χ1v) is 15.0. The number of carbonyl (C=O) groups is 2. The Balaban J connectivity index is 1.56. The van der Waals surface area contributed by atoms with Crippen molar-refractivity contribution in [3.8, 4) is 0 Å². The highest BCUT2D eigenvalue weighted by Crippen LogP contribution is 2.39. The summed E-state index contributed by atoms with van der Waals surface area (Å²) in [6.07, 6.45) is 0. The fourth-order valence-corrected chi connectivity index (χ4v) is 6.09. The zero-order chi connectivity index (χ0) is 31.6. The number of hydrogen-bond acceptors (Lipinski definition) is 7. The molecule has 0 aliphatic carbocycles. The molecule has 4 aromatic carbocycles. The molecule has 0 atom stereocenters. The zero-order valence-corrected chi connectivity index (χ0v) is 25.0. The maximum absolute atomic E-state index is 13.7. The lowest BCUT2D eigenvalue weighted by molar-refractivity contribution is -0.384. The van der Waals surface area contributed by atoms with Crippen molar-refractivity contribution in [2.45, 2.75) is 11.8 Å². The third-order valence-electron chi connectivity index (χ3n) is 7.08. The van der Waals surface area contributed by atoms with Crippen LogP contribution in [0.2, 0.25) is 0 Å². The number of nitrogens with zero attached hydrogens (tertiary/aromatic N) is 3. The van der Waals surface area contributed by atoms with Crippen molar-refractivity contribution in [2.75, 3.05) is 35.6 Å². The van der Waals surface area contributed by atoms with E-state index >= 15 is 0 Å². The number of aryl methyl sites for hydroxylation is 1. The van der Waals surface area contributed by atoms with E-state index in [-0.39, 0.29) is 21.8 Å². The number of hydrogen-bond donors (Lipinski definition) is 2. The van der Waals surface area contributed by atoms with Gasteiger partial charge in [0.15, 0.2) is 0 Å². The summed E-state index contributed by atoms with van der Waals surface area (Å²) >= 11 is 0. The van der Waals surface area contributed by atoms with Gasteiger partial charge < -0.3 is 15.5 Å². The van der Waals surface area contributed by atoms with Crippen LogP contribution in [0.3, 0.4) is 0 Å². The number of likely N-dealkylation sites (N-methyl/N-ethyl adjacent to an activating group) is 1. The quantitative estimate of drug-likeness (QED) is 0.152. The molecule has 12 heteroatoms. The Morgan fingerprint density at radius 1 is 0.932 bits per heavy atom. The molecule has 1 heterocycles. The summed E-state index contributed by atoms with van der Waals surface area (Å²) in [5, 5.41) is 17.5. The van der Waals surface area contributed by atoms with E-state index in [0.29, 0.717) is 28.2 Å². The summed E-state index contributed by atoms with van der Waals surface area (Å²) in [5.41, 5.74) is 3.62. The Morgan fingerprint density at radius 2 is 1.59 bits per heavy atom. The van der Waals surface area contributed by atoms with Gasteiger partial charge in [0.05, 0.1) is 26.8 Å². The minimum absolute atomic E-state index is 0.0490. The molecule has 0 aromatic heterocycles. The molecule has 4 aromatic rings. The number of nitrogens with one attached hydrogen (secondary N) is 2. The van der Waals surface area contributed by atoms with Crippen LogP contribution >= 0.6 is 0 Å². The van der Waals surface area contributed by atoms with E-state index in [1.807, 2.05) is 13.0 Å². The van der Waals surface area contributed by atoms with Crippen LogP contribution in [0.25, 0.3) is 11.3 Å². The fraction of sp³-hybridized carbons (Fsp3) is 0.125. The molecular formula is C32H29N5O6S. The van der Waals surface area contributed by atoms with Gasteiger partial charge in [0.2, 0.25) is 5.91 Å². The average Bonchev–Trinajstić information content (AvgIpc) is 3.34. The number of nitro benzene ring substituents is 1. The molecule has 44 heavy (non-hydrogen) atoms. The molecule has 0 bridgehead atoms. The largest absolute Gasteiger partial charge is 0.354 e. The van der Waals surface area contributed by atoms with Gasteiger partial charge >= 0.3 is 0 Å². The van der Waals surface area contributed by atoms with E-state index in [1.54, 1.807) is 74.8 Å². The van der Waals surface area contributed by atoms with Gasteiger partial charge in [0.25, 0.3) is 21.6 Å². The van der Waals surface area contributed by atoms with Gasteiger partial charge in [-0.2, -0.15) is 0 Å². The second kappa shape index (κ2) is 12.0. The Hall–Kier alpha value is -5.49. The molecule has 0 spiro atoms. The van der Waals surface area contributed by atoms with E-state index in [0.717, 1.165) is 9.87 Å². The third kappa shape index (κ3) is 6.01. The summed E-state index contributed by atoms with van der Waals surface area (Å²) in [7, 11) is -0.991. The van der Waals surface area contributed by atoms with Gasteiger partial charge in [-0.25, -0.2) is 8.42 Å². The maximum atomic E-state index is 13.7. The Morgan fingerprint density at radius 3 is 2.20 bits per heavy atom. The molecule has 2 amide bonds. The van der Waals surface area contributed by atoms with Crippen molar-refractivity contribution in [3.63, 3.8) is 0 Å². The molecule has 0 saturated carbocycles. The molecule has 0 saturated heterocycles. The van der Waals surface area contributed by atoms with E-state index in [1.165, 1.54) is 35.2 Å². The summed E-state index contributed by atoms with van der Waals surface area (Å²) in [6.45, 7) is 1.44. The first kappa shape index (κ1) is 30.0. The standard InChI is InChI=1S/C32H29N5O6S/c1-21-9-16-26(17-10-21)44(42,43)36(20-29(38)35(2)3)24-13-11-23(12-14-24)33-31(22-7-5-4-6-8-22)30-27-19-25(37(40)41)15-18-28(27)34-32(30)39/h4-19,33H,20H2,1-3H3,(H,34,39). The van der Waals surface area contributed by atoms with Gasteiger partial charge in [-0.15, -0.1) is 0 Å². The van der Waals surface area contributed by atoms with Gasteiger partial charge in [0.1, 0.15) is 6.54 Å². The smallest absolute Gasteiger partial charge is 0.270 e. The predicted molar refractivity (Wildman–Crippen MR) is 169 cm³/mol. The molecule has 0 unspecified atom stereocenters. The number of rotatable bonds is 9. The summed E-state index contributed by atoms with van der Waals surface area (Å²) in [5.74, 6) is -0.833. The Labute approximate surface area is 254 Å². The van der Waals surface area contributed by atoms with Crippen molar-refractivity contribution in [1.82, 2.24) is 4.90 Å². The number of sulfonamides is 1. The molecule has 1 aliphatic heterocycles. The predicted octanol–water partition coefficient (Wildman–Crippen LogP) is 5.12. The number of fused-ring (bicyclic) bond motifs is 1. The molecule has 224 valence electrons. The van der Waals surface area contributed by atoms with Crippen LogP contribution in [0, 0.1) is 17.0 Å². The molecule has 5 rings (SSSR count). The van der Waals surface area contributed by atoms with Gasteiger partial charge in [0, 0.05) is 43.2 Å². The van der Waals surface area contributed by atoms with E-state index in [4.69, 9.17) is 0 Å². The molecular weight excluding hydrogens is 582 g/mol. The zero-order valence-electron chi connectivity index (χ0n) is 24.1. The van der Waals surface area contributed by atoms with Crippen molar-refractivity contribution in [3.05, 3.63) is 124 Å². The first-order valence-electron chi connectivity index (χ1n) is 13.5. The van der Waals surface area contributed by atoms with Gasteiger partial charge in [-0.3, -0.25) is 24.0 Å². The second-order valence-corrected chi connectivity index (χ2v) is 12.2. The Kier molecular flexibility index (Phi) is 8.19. The average molecular weight is 612 g/mol. The number of nitro groups is 1. The molecule has 2 N–H and O–H groups in total. The molecule has 0 fully saturated rings. The topological polar surface area (TPSA) is 142 Å². The molecule has 1 aliphatic rings. The fourth-order valence-electron chi connectivity index (χ4n) is 4.67. The van der Waals surface area contributed by atoms with Crippen molar-refractivity contribution < 1.29 is 22.9 Å². The highest BCUT2D eigenvalue weighted by Gasteiger charge is 2.31. The second-order valence-electron chi connectivity index (χ2n) is 10.3. The molecule has 11 nitrogen and oxygen atoms in total. The minimum Gasteiger partial charge on any atom is -0.354 e. The number of carbonyl (C=O) groups excluding carboxylic acids is 2. The van der Waals surface area contributed by atoms with E-state index < -0.39 is 33.3 Å². The lowest BCUT2D eigenvalue weighted by atomic mass is 9.99. The van der Waals surface area contributed by atoms with Gasteiger partial charge in [-0.05, 0) is 55.0 Å². The van der Waals surface area contributed by atoms with Crippen molar-refractivity contribution in [1.29, 1.82) is 0 Å². The van der Waals surface area contributed by atoms with Crippen molar-refractivity contribution >= 4 is 55.9 Å². The number of amides is 2.